The Hall–Kier alpha value is -6.39. The highest BCUT2D eigenvalue weighted by atomic mass is 16.5. The number of aromatic amines is 2. The molecule has 308 valence electrons. The van der Waals surface area contributed by atoms with Gasteiger partial charge in [-0.1, -0.05) is 76.2 Å². The van der Waals surface area contributed by atoms with Crippen LogP contribution in [0, 0.1) is 11.8 Å². The Morgan fingerprint density at radius 1 is 0.672 bits per heavy atom. The molecule has 2 fully saturated rings. The van der Waals surface area contributed by atoms with Gasteiger partial charge < -0.3 is 49.9 Å². The number of hydrogen-bond donors (Lipinski definition) is 5. The van der Waals surface area contributed by atoms with Gasteiger partial charge in [0.25, 0.3) is 0 Å². The molecule has 0 saturated carbocycles. The van der Waals surface area contributed by atoms with Crippen molar-refractivity contribution in [2.24, 2.45) is 11.8 Å². The highest BCUT2D eigenvalue weighted by molar-refractivity contribution is 5.87. The van der Waals surface area contributed by atoms with Crippen molar-refractivity contribution in [1.82, 2.24) is 45.3 Å². The molecule has 2 aromatic carbocycles. The third-order valence-electron chi connectivity index (χ3n) is 10.8. The van der Waals surface area contributed by atoms with Gasteiger partial charge >= 0.3 is 18.3 Å². The van der Waals surface area contributed by atoms with Gasteiger partial charge in [0.15, 0.2) is 0 Å². The van der Waals surface area contributed by atoms with Crippen LogP contribution in [0.25, 0.3) is 33.6 Å². The molecule has 0 radical (unpaired) electrons. The van der Waals surface area contributed by atoms with E-state index in [4.69, 9.17) is 9.47 Å². The summed E-state index contributed by atoms with van der Waals surface area (Å²) in [5.74, 6) is 0.237. The average molecular weight is 798 g/mol. The maximum absolute atomic E-state index is 13.8. The van der Waals surface area contributed by atoms with E-state index in [0.717, 1.165) is 40.8 Å². The highest BCUT2D eigenvalue weighted by Gasteiger charge is 2.40. The predicted octanol–water partition coefficient (Wildman–Crippen LogP) is 5.42. The first-order chi connectivity index (χ1) is 27.8. The quantitative estimate of drug-likeness (QED) is 0.130. The largest absolute Gasteiger partial charge is 0.465 e. The lowest BCUT2D eigenvalue weighted by Crippen LogP contribution is -2.58. The zero-order valence-corrected chi connectivity index (χ0v) is 33.5. The van der Waals surface area contributed by atoms with Crippen LogP contribution in [0.4, 0.5) is 14.4 Å². The third kappa shape index (κ3) is 8.92. The smallest absolute Gasteiger partial charge is 0.407 e. The minimum atomic E-state index is -1.09. The van der Waals surface area contributed by atoms with Crippen molar-refractivity contribution in [3.8, 4) is 33.6 Å². The fourth-order valence-corrected chi connectivity index (χ4v) is 7.52. The van der Waals surface area contributed by atoms with Crippen molar-refractivity contribution >= 4 is 30.1 Å². The summed E-state index contributed by atoms with van der Waals surface area (Å²) >= 11 is 0. The lowest BCUT2D eigenvalue weighted by Gasteiger charge is -2.41. The first-order valence-electron chi connectivity index (χ1n) is 19.4. The Morgan fingerprint density at radius 3 is 1.53 bits per heavy atom. The molecule has 4 atom stereocenters. The summed E-state index contributed by atoms with van der Waals surface area (Å²) in [4.78, 5) is 83.8. The highest BCUT2D eigenvalue weighted by Crippen LogP contribution is 2.34. The maximum atomic E-state index is 13.8. The van der Waals surface area contributed by atoms with Gasteiger partial charge in [-0.15, -0.1) is 0 Å². The lowest BCUT2D eigenvalue weighted by molar-refractivity contribution is -0.139. The van der Waals surface area contributed by atoms with Crippen LogP contribution in [0.3, 0.4) is 0 Å². The molecule has 2 aliphatic rings. The lowest BCUT2D eigenvalue weighted by atomic mass is 10.0. The standard InChI is InChI=1S/C41H51N9O8/c1-23(2)33(46-39(53)57-5)37(51)49-17-7-8-31(49)35-42-20-29(44-35)27-13-9-25(10-14-27)26-11-15-28(16-12-26)30-21-43-36(45-30)32-22-48(41(55)56)18-19-50(32)38(52)34(24(3)4)47-40(54)58-6/h9-16,20-21,23-24,31-34H,7-8,17-19,22H2,1-6H3,(H,42,44)(H,43,45)(H,46,53)(H,47,54)(H,55,56)/t31-,32-,33-,34-/m0/s1. The number of carbonyl (C=O) groups is 5. The predicted molar refractivity (Wildman–Crippen MR) is 213 cm³/mol. The molecule has 6 rings (SSSR count). The summed E-state index contributed by atoms with van der Waals surface area (Å²) < 4.78 is 9.48. The van der Waals surface area contributed by atoms with E-state index in [2.05, 4.69) is 30.6 Å². The zero-order valence-electron chi connectivity index (χ0n) is 33.5. The number of imidazole rings is 2. The molecule has 17 heteroatoms. The number of carbonyl (C=O) groups excluding carboxylic acids is 4. The van der Waals surface area contributed by atoms with Crippen molar-refractivity contribution in [2.75, 3.05) is 40.4 Å². The number of methoxy groups -OCH3 is 2. The van der Waals surface area contributed by atoms with Gasteiger partial charge in [-0.3, -0.25) is 9.59 Å². The van der Waals surface area contributed by atoms with Crippen LogP contribution >= 0.6 is 0 Å². The molecule has 5 amide bonds. The normalized spacial score (nSPS) is 17.9. The van der Waals surface area contributed by atoms with E-state index in [9.17, 15) is 29.1 Å². The summed E-state index contributed by atoms with van der Waals surface area (Å²) in [6, 6.07) is 13.5. The minimum absolute atomic E-state index is 0.0134. The molecule has 5 N–H and O–H groups in total. The van der Waals surface area contributed by atoms with Crippen LogP contribution < -0.4 is 10.6 Å². The SMILES string of the molecule is COC(=O)N[C@H](C(=O)N1CCC[C@H]1c1ncc(-c2ccc(-c3ccc(-c4cnc([C@@H]5CN(C(=O)O)CCN5C(=O)[C@@H](NC(=O)OC)C(C)C)[nH]4)cc3)cc2)[nH]1)C(C)C. The number of amides is 5. The minimum Gasteiger partial charge on any atom is -0.465 e. The van der Waals surface area contributed by atoms with Crippen LogP contribution in [0.5, 0.6) is 0 Å². The molecular weight excluding hydrogens is 747 g/mol. The van der Waals surface area contributed by atoms with E-state index in [1.54, 1.807) is 22.2 Å². The van der Waals surface area contributed by atoms with Crippen molar-refractivity contribution in [3.63, 3.8) is 0 Å². The summed E-state index contributed by atoms with van der Waals surface area (Å²) in [6.45, 7) is 8.23. The number of alkyl carbamates (subject to hydrolysis) is 2. The Kier molecular flexibility index (Phi) is 12.7. The summed E-state index contributed by atoms with van der Waals surface area (Å²) in [6.07, 6.45) is 2.56. The summed E-state index contributed by atoms with van der Waals surface area (Å²) in [5.41, 5.74) is 5.28. The second kappa shape index (κ2) is 17.8. The van der Waals surface area contributed by atoms with Gasteiger partial charge in [0.05, 0.1) is 50.6 Å². The van der Waals surface area contributed by atoms with E-state index in [1.807, 2.05) is 76.2 Å². The number of hydrogen-bond acceptors (Lipinski definition) is 9. The van der Waals surface area contributed by atoms with Crippen molar-refractivity contribution < 1.29 is 38.6 Å². The molecule has 4 heterocycles. The van der Waals surface area contributed by atoms with Gasteiger partial charge in [0, 0.05) is 19.6 Å². The number of piperazine rings is 1. The van der Waals surface area contributed by atoms with Gasteiger partial charge in [-0.05, 0) is 46.9 Å². The van der Waals surface area contributed by atoms with Crippen LogP contribution in [0.15, 0.2) is 60.9 Å². The molecule has 58 heavy (non-hydrogen) atoms. The molecular formula is C41H51N9O8. The summed E-state index contributed by atoms with van der Waals surface area (Å²) in [5, 5.41) is 15.1. The topological polar surface area (TPSA) is 215 Å². The summed E-state index contributed by atoms with van der Waals surface area (Å²) in [7, 11) is 2.50. The van der Waals surface area contributed by atoms with Crippen molar-refractivity contribution in [1.29, 1.82) is 0 Å². The molecule has 2 aliphatic heterocycles. The van der Waals surface area contributed by atoms with E-state index in [-0.39, 0.29) is 49.3 Å². The Labute approximate surface area is 336 Å². The molecule has 0 bridgehead atoms. The monoisotopic (exact) mass is 797 g/mol. The molecule has 0 aliphatic carbocycles. The fourth-order valence-electron chi connectivity index (χ4n) is 7.52. The number of benzene rings is 2. The Balaban J connectivity index is 1.14. The van der Waals surface area contributed by atoms with E-state index >= 15 is 0 Å². The number of nitrogens with one attached hydrogen (secondary N) is 4. The van der Waals surface area contributed by atoms with Gasteiger partial charge in [-0.25, -0.2) is 24.4 Å². The fraction of sp³-hybridized carbons (Fsp3) is 0.439. The Bertz CT molecular complexity index is 2100. The number of rotatable bonds is 11. The van der Waals surface area contributed by atoms with Crippen molar-refractivity contribution in [2.45, 2.75) is 64.7 Å². The maximum Gasteiger partial charge on any atom is 0.407 e. The third-order valence-corrected chi connectivity index (χ3v) is 10.8. The average Bonchev–Trinajstić information content (AvgIpc) is 4.03. The molecule has 2 aromatic heterocycles. The number of aromatic nitrogens is 4. The molecule has 2 saturated heterocycles. The number of H-pyrrole nitrogens is 2. The number of likely N-dealkylation sites (tertiary alicyclic amines) is 1. The van der Waals surface area contributed by atoms with Crippen LogP contribution in [-0.4, -0.2) is 122 Å². The van der Waals surface area contributed by atoms with Crippen LogP contribution in [0.2, 0.25) is 0 Å². The molecule has 17 nitrogen and oxygen atoms in total. The zero-order chi connectivity index (χ0) is 41.7. The molecule has 0 unspecified atom stereocenters. The van der Waals surface area contributed by atoms with Gasteiger partial charge in [0.2, 0.25) is 11.8 Å². The molecule has 0 spiro atoms. The van der Waals surface area contributed by atoms with Crippen LogP contribution in [-0.2, 0) is 19.1 Å². The van der Waals surface area contributed by atoms with Gasteiger partial charge in [-0.2, -0.15) is 0 Å². The number of nitrogens with zero attached hydrogens (tertiary/aromatic N) is 5. The second-order valence-corrected chi connectivity index (χ2v) is 15.2. The van der Waals surface area contributed by atoms with Crippen LogP contribution in [0.1, 0.15) is 64.3 Å². The van der Waals surface area contributed by atoms with Gasteiger partial charge in [0.1, 0.15) is 29.8 Å². The number of carboxylic acid groups (broad SMARTS) is 1. The van der Waals surface area contributed by atoms with E-state index in [1.165, 1.54) is 19.1 Å². The number of ether oxygens (including phenoxy) is 2. The van der Waals surface area contributed by atoms with E-state index in [0.29, 0.717) is 23.9 Å². The second-order valence-electron chi connectivity index (χ2n) is 15.2. The first kappa shape index (κ1) is 41.2. The molecule has 4 aromatic rings. The van der Waals surface area contributed by atoms with Crippen molar-refractivity contribution in [3.05, 3.63) is 72.6 Å². The Morgan fingerprint density at radius 2 is 1.10 bits per heavy atom. The van der Waals surface area contributed by atoms with E-state index < -0.39 is 36.4 Å². The first-order valence-corrected chi connectivity index (χ1v) is 19.4.